The summed E-state index contributed by atoms with van der Waals surface area (Å²) in [6.07, 6.45) is 2.88. The van der Waals surface area contributed by atoms with Crippen LogP contribution in [-0.2, 0) is 9.47 Å². The summed E-state index contributed by atoms with van der Waals surface area (Å²) >= 11 is 0. The number of hydrogen-bond donors (Lipinski definition) is 1. The Labute approximate surface area is 135 Å². The van der Waals surface area contributed by atoms with E-state index in [0.717, 1.165) is 24.8 Å². The lowest BCUT2D eigenvalue weighted by Gasteiger charge is -2.23. The lowest BCUT2D eigenvalue weighted by molar-refractivity contribution is -0.0371. The van der Waals surface area contributed by atoms with Gasteiger partial charge < -0.3 is 15.2 Å². The highest BCUT2D eigenvalue weighted by atomic mass is 16.6. The normalized spacial score (nSPS) is 19.0. The predicted octanol–water partition coefficient (Wildman–Crippen LogP) is 3.27. The molecule has 0 amide bonds. The van der Waals surface area contributed by atoms with Crippen molar-refractivity contribution in [3.8, 4) is 0 Å². The standard InChI is InChI=1S/C17H23N3O3/c1-17(2,3)23-16(21)15-12-10-11(18)7-8-13(12)20(19-15)14-6-4-5-9-22-14/h7-8,10,14H,4-6,9,18H2,1-3H3. The van der Waals surface area contributed by atoms with Crippen LogP contribution in [0.15, 0.2) is 18.2 Å². The summed E-state index contributed by atoms with van der Waals surface area (Å²) in [7, 11) is 0. The third-order valence-electron chi connectivity index (χ3n) is 3.75. The number of carbonyl (C=O) groups excluding carboxylic acids is 1. The summed E-state index contributed by atoms with van der Waals surface area (Å²) in [5.41, 5.74) is 7.03. The summed E-state index contributed by atoms with van der Waals surface area (Å²) in [6.45, 7) is 6.22. The summed E-state index contributed by atoms with van der Waals surface area (Å²) in [6, 6.07) is 5.45. The fraction of sp³-hybridized carbons (Fsp3) is 0.529. The van der Waals surface area contributed by atoms with Crippen LogP contribution in [0.3, 0.4) is 0 Å². The van der Waals surface area contributed by atoms with Crippen LogP contribution < -0.4 is 5.73 Å². The molecule has 1 aliphatic rings. The average Bonchev–Trinajstić information content (AvgIpc) is 2.85. The van der Waals surface area contributed by atoms with Crippen molar-refractivity contribution in [3.05, 3.63) is 23.9 Å². The molecule has 0 radical (unpaired) electrons. The van der Waals surface area contributed by atoms with Gasteiger partial charge in [-0.3, -0.25) is 0 Å². The van der Waals surface area contributed by atoms with Gasteiger partial charge in [0.25, 0.3) is 0 Å². The van der Waals surface area contributed by atoms with Crippen LogP contribution in [0.2, 0.25) is 0 Å². The summed E-state index contributed by atoms with van der Waals surface area (Å²) < 4.78 is 13.1. The number of anilines is 1. The summed E-state index contributed by atoms with van der Waals surface area (Å²) in [5, 5.41) is 5.20. The molecule has 0 saturated carbocycles. The molecule has 2 N–H and O–H groups in total. The van der Waals surface area contributed by atoms with Gasteiger partial charge in [-0.05, 0) is 58.2 Å². The van der Waals surface area contributed by atoms with Crippen LogP contribution in [0.4, 0.5) is 5.69 Å². The molecule has 0 bridgehead atoms. The van der Waals surface area contributed by atoms with Gasteiger partial charge in [0, 0.05) is 17.7 Å². The van der Waals surface area contributed by atoms with E-state index < -0.39 is 11.6 Å². The molecule has 0 spiro atoms. The van der Waals surface area contributed by atoms with Gasteiger partial charge in [-0.1, -0.05) is 0 Å². The number of benzene rings is 1. The van der Waals surface area contributed by atoms with Gasteiger partial charge in [-0.25, -0.2) is 9.48 Å². The van der Waals surface area contributed by atoms with E-state index in [4.69, 9.17) is 15.2 Å². The van der Waals surface area contributed by atoms with Crippen molar-refractivity contribution in [2.24, 2.45) is 0 Å². The third kappa shape index (κ3) is 3.32. The Morgan fingerprint density at radius 1 is 1.39 bits per heavy atom. The van der Waals surface area contributed by atoms with E-state index in [1.54, 1.807) is 10.7 Å². The largest absolute Gasteiger partial charge is 0.455 e. The van der Waals surface area contributed by atoms with E-state index >= 15 is 0 Å². The molecule has 124 valence electrons. The molecule has 2 aromatic rings. The highest BCUT2D eigenvalue weighted by Gasteiger charge is 2.27. The van der Waals surface area contributed by atoms with Gasteiger partial charge in [-0.2, -0.15) is 5.10 Å². The van der Waals surface area contributed by atoms with Crippen LogP contribution in [0.5, 0.6) is 0 Å². The molecule has 1 unspecified atom stereocenters. The van der Waals surface area contributed by atoms with E-state index in [2.05, 4.69) is 5.10 Å². The lowest BCUT2D eigenvalue weighted by Crippen LogP contribution is -2.25. The molecule has 0 aliphatic carbocycles. The number of esters is 1. The minimum Gasteiger partial charge on any atom is -0.455 e. The molecule has 1 aromatic heterocycles. The minimum atomic E-state index is -0.575. The van der Waals surface area contributed by atoms with Crippen molar-refractivity contribution in [2.45, 2.75) is 51.9 Å². The number of nitrogen functional groups attached to an aromatic ring is 1. The van der Waals surface area contributed by atoms with Crippen molar-refractivity contribution >= 4 is 22.6 Å². The Balaban J connectivity index is 2.06. The van der Waals surface area contributed by atoms with Crippen LogP contribution in [-0.4, -0.2) is 28.0 Å². The van der Waals surface area contributed by atoms with Crippen molar-refractivity contribution in [3.63, 3.8) is 0 Å². The highest BCUT2D eigenvalue weighted by Crippen LogP contribution is 2.30. The van der Waals surface area contributed by atoms with Crippen LogP contribution in [0.1, 0.15) is 56.8 Å². The molecule has 1 aromatic carbocycles. The molecule has 23 heavy (non-hydrogen) atoms. The van der Waals surface area contributed by atoms with Crippen LogP contribution in [0, 0.1) is 0 Å². The number of nitrogens with zero attached hydrogens (tertiary/aromatic N) is 2. The zero-order chi connectivity index (χ0) is 16.6. The first-order valence-electron chi connectivity index (χ1n) is 7.98. The number of carbonyl (C=O) groups is 1. The molecule has 1 aliphatic heterocycles. The van der Waals surface area contributed by atoms with Gasteiger partial charge in [0.2, 0.25) is 0 Å². The number of ether oxygens (including phenoxy) is 2. The zero-order valence-electron chi connectivity index (χ0n) is 13.8. The van der Waals surface area contributed by atoms with Crippen LogP contribution in [0.25, 0.3) is 10.9 Å². The molecule has 3 rings (SSSR count). The number of aromatic nitrogens is 2. The second-order valence-corrected chi connectivity index (χ2v) is 6.89. The maximum Gasteiger partial charge on any atom is 0.360 e. The molecule has 1 atom stereocenters. The maximum atomic E-state index is 12.5. The smallest absolute Gasteiger partial charge is 0.360 e. The first-order chi connectivity index (χ1) is 10.8. The van der Waals surface area contributed by atoms with Gasteiger partial charge in [0.1, 0.15) is 5.60 Å². The Morgan fingerprint density at radius 2 is 2.17 bits per heavy atom. The SMILES string of the molecule is CC(C)(C)OC(=O)c1nn(C2CCCCO2)c2ccc(N)cc12. The number of hydrogen-bond acceptors (Lipinski definition) is 5. The van der Waals surface area contributed by atoms with E-state index in [0.29, 0.717) is 17.7 Å². The van der Waals surface area contributed by atoms with Crippen molar-refractivity contribution < 1.29 is 14.3 Å². The van der Waals surface area contributed by atoms with Crippen molar-refractivity contribution in [2.75, 3.05) is 12.3 Å². The van der Waals surface area contributed by atoms with E-state index in [9.17, 15) is 4.79 Å². The number of fused-ring (bicyclic) bond motifs is 1. The number of nitrogens with two attached hydrogens (primary N) is 1. The Morgan fingerprint density at radius 3 is 2.83 bits per heavy atom. The van der Waals surface area contributed by atoms with E-state index in [-0.39, 0.29) is 11.9 Å². The molecule has 1 saturated heterocycles. The monoisotopic (exact) mass is 317 g/mol. The maximum absolute atomic E-state index is 12.5. The predicted molar refractivity (Wildman–Crippen MR) is 88.2 cm³/mol. The first-order valence-corrected chi connectivity index (χ1v) is 7.98. The van der Waals surface area contributed by atoms with Gasteiger partial charge in [0.15, 0.2) is 11.9 Å². The highest BCUT2D eigenvalue weighted by molar-refractivity contribution is 6.03. The van der Waals surface area contributed by atoms with Gasteiger partial charge >= 0.3 is 5.97 Å². The molecular formula is C17H23N3O3. The van der Waals surface area contributed by atoms with Gasteiger partial charge in [0.05, 0.1) is 5.52 Å². The molecule has 6 heteroatoms. The lowest BCUT2D eigenvalue weighted by atomic mass is 10.1. The molecule has 2 heterocycles. The third-order valence-corrected chi connectivity index (χ3v) is 3.75. The molecule has 6 nitrogen and oxygen atoms in total. The van der Waals surface area contributed by atoms with E-state index in [1.807, 2.05) is 32.9 Å². The number of rotatable bonds is 2. The first kappa shape index (κ1) is 15.8. The zero-order valence-corrected chi connectivity index (χ0v) is 13.8. The minimum absolute atomic E-state index is 0.147. The quantitative estimate of drug-likeness (QED) is 0.679. The second kappa shape index (κ2) is 5.85. The van der Waals surface area contributed by atoms with Crippen molar-refractivity contribution in [1.82, 2.24) is 9.78 Å². The molecule has 1 fully saturated rings. The summed E-state index contributed by atoms with van der Waals surface area (Å²) in [4.78, 5) is 12.5. The van der Waals surface area contributed by atoms with Gasteiger partial charge in [-0.15, -0.1) is 0 Å². The Bertz CT molecular complexity index is 724. The molecular weight excluding hydrogens is 294 g/mol. The topological polar surface area (TPSA) is 79.4 Å². The Kier molecular flexibility index (Phi) is 4.02. The average molecular weight is 317 g/mol. The van der Waals surface area contributed by atoms with Crippen LogP contribution >= 0.6 is 0 Å². The summed E-state index contributed by atoms with van der Waals surface area (Å²) in [5.74, 6) is -0.442. The Hall–Kier alpha value is -2.08. The fourth-order valence-corrected chi connectivity index (χ4v) is 2.77. The second-order valence-electron chi connectivity index (χ2n) is 6.89. The fourth-order valence-electron chi connectivity index (χ4n) is 2.77. The van der Waals surface area contributed by atoms with E-state index in [1.165, 1.54) is 0 Å². The van der Waals surface area contributed by atoms with Crippen molar-refractivity contribution in [1.29, 1.82) is 0 Å².